The van der Waals surface area contributed by atoms with Gasteiger partial charge in [-0.05, 0) is 39.2 Å². The maximum absolute atomic E-state index is 12.8. The lowest BCUT2D eigenvalue weighted by Crippen LogP contribution is -2.54. The van der Waals surface area contributed by atoms with Crippen LogP contribution in [0.5, 0.6) is 0 Å². The molecule has 24 heavy (non-hydrogen) atoms. The molecule has 8 heteroatoms. The van der Waals surface area contributed by atoms with Gasteiger partial charge >= 0.3 is 6.55 Å². The quantitative estimate of drug-likeness (QED) is 0.893. The molecule has 1 spiro atoms. The SMILES string of the molecule is Cc1cc(C(=O)N2CCC3(CC2)CC(C)(O)CCO3)nn1C(F)F. The topological polar surface area (TPSA) is 67.6 Å². The normalized spacial score (nSPS) is 27.0. The van der Waals surface area contributed by atoms with Crippen molar-refractivity contribution >= 4 is 5.91 Å². The summed E-state index contributed by atoms with van der Waals surface area (Å²) in [4.78, 5) is 14.1. The van der Waals surface area contributed by atoms with E-state index in [4.69, 9.17) is 4.74 Å². The zero-order valence-electron chi connectivity index (χ0n) is 14.0. The summed E-state index contributed by atoms with van der Waals surface area (Å²) < 4.78 is 32.1. The molecule has 1 aromatic rings. The Morgan fingerprint density at radius 1 is 1.38 bits per heavy atom. The van der Waals surface area contributed by atoms with Crippen LogP contribution in [-0.4, -0.2) is 56.6 Å². The van der Waals surface area contributed by atoms with Crippen LogP contribution >= 0.6 is 0 Å². The molecule has 1 aromatic heterocycles. The molecule has 2 aliphatic rings. The first-order valence-corrected chi connectivity index (χ1v) is 8.21. The number of rotatable bonds is 2. The molecule has 1 unspecified atom stereocenters. The molecule has 0 saturated carbocycles. The van der Waals surface area contributed by atoms with Crippen molar-refractivity contribution in [2.45, 2.75) is 57.3 Å². The van der Waals surface area contributed by atoms with Crippen molar-refractivity contribution in [1.29, 1.82) is 0 Å². The average Bonchev–Trinajstić information content (AvgIpc) is 2.88. The van der Waals surface area contributed by atoms with E-state index in [9.17, 15) is 18.7 Å². The van der Waals surface area contributed by atoms with E-state index in [0.717, 1.165) is 0 Å². The highest BCUT2D eigenvalue weighted by Gasteiger charge is 2.45. The van der Waals surface area contributed by atoms with Crippen molar-refractivity contribution in [2.24, 2.45) is 0 Å². The third-order valence-electron chi connectivity index (χ3n) is 5.04. The molecule has 3 heterocycles. The molecule has 1 atom stereocenters. The third kappa shape index (κ3) is 3.30. The largest absolute Gasteiger partial charge is 0.390 e. The van der Waals surface area contributed by atoms with Gasteiger partial charge in [0.25, 0.3) is 5.91 Å². The molecule has 0 radical (unpaired) electrons. The van der Waals surface area contributed by atoms with E-state index in [0.29, 0.717) is 50.1 Å². The van der Waals surface area contributed by atoms with E-state index in [-0.39, 0.29) is 17.3 Å². The zero-order chi connectivity index (χ0) is 17.5. The highest BCUT2D eigenvalue weighted by Crippen LogP contribution is 2.39. The van der Waals surface area contributed by atoms with Gasteiger partial charge in [-0.1, -0.05) is 0 Å². The van der Waals surface area contributed by atoms with Crippen molar-refractivity contribution < 1.29 is 23.4 Å². The number of likely N-dealkylation sites (tertiary alicyclic amines) is 1. The predicted octanol–water partition coefficient (Wildman–Crippen LogP) is 2.12. The van der Waals surface area contributed by atoms with Gasteiger partial charge in [0.1, 0.15) is 0 Å². The van der Waals surface area contributed by atoms with E-state index in [2.05, 4.69) is 5.10 Å². The number of alkyl halides is 2. The number of hydrogen-bond donors (Lipinski definition) is 1. The molecule has 2 saturated heterocycles. The second kappa shape index (κ2) is 6.07. The average molecular weight is 343 g/mol. The van der Waals surface area contributed by atoms with Gasteiger partial charge in [-0.15, -0.1) is 0 Å². The van der Waals surface area contributed by atoms with Gasteiger partial charge in [0.2, 0.25) is 0 Å². The van der Waals surface area contributed by atoms with Crippen LogP contribution in [0, 0.1) is 6.92 Å². The lowest BCUT2D eigenvalue weighted by molar-refractivity contribution is -0.170. The molecular formula is C16H23F2N3O3. The lowest BCUT2D eigenvalue weighted by atomic mass is 9.78. The number of hydrogen-bond acceptors (Lipinski definition) is 4. The molecule has 134 valence electrons. The minimum Gasteiger partial charge on any atom is -0.390 e. The molecule has 0 aromatic carbocycles. The Hall–Kier alpha value is -1.54. The Morgan fingerprint density at radius 3 is 2.58 bits per heavy atom. The summed E-state index contributed by atoms with van der Waals surface area (Å²) in [5.41, 5.74) is -0.831. The first kappa shape index (κ1) is 17.3. The fraction of sp³-hybridized carbons (Fsp3) is 0.750. The van der Waals surface area contributed by atoms with Gasteiger partial charge < -0.3 is 14.7 Å². The van der Waals surface area contributed by atoms with Crippen molar-refractivity contribution in [3.8, 4) is 0 Å². The van der Waals surface area contributed by atoms with Crippen LogP contribution in [0.15, 0.2) is 6.07 Å². The number of halogens is 2. The summed E-state index contributed by atoms with van der Waals surface area (Å²) in [6.07, 6.45) is 2.43. The number of aromatic nitrogens is 2. The van der Waals surface area contributed by atoms with Gasteiger partial charge in [0.05, 0.1) is 17.8 Å². The molecule has 0 bridgehead atoms. The minimum absolute atomic E-state index is 0.0420. The Balaban J connectivity index is 1.66. The molecule has 1 amide bonds. The smallest absolute Gasteiger partial charge is 0.333 e. The van der Waals surface area contributed by atoms with Gasteiger partial charge in [-0.25, -0.2) is 4.68 Å². The van der Waals surface area contributed by atoms with E-state index in [1.807, 2.05) is 6.92 Å². The molecule has 3 rings (SSSR count). The Morgan fingerprint density at radius 2 is 2.04 bits per heavy atom. The molecule has 1 N–H and O–H groups in total. The third-order valence-corrected chi connectivity index (χ3v) is 5.04. The molecule has 6 nitrogen and oxygen atoms in total. The van der Waals surface area contributed by atoms with Crippen molar-refractivity contribution in [3.63, 3.8) is 0 Å². The van der Waals surface area contributed by atoms with Crippen LogP contribution < -0.4 is 0 Å². The van der Waals surface area contributed by atoms with Crippen LogP contribution in [0.4, 0.5) is 8.78 Å². The number of ether oxygens (including phenoxy) is 1. The summed E-state index contributed by atoms with van der Waals surface area (Å²) in [5, 5.41) is 14.0. The van der Waals surface area contributed by atoms with Crippen molar-refractivity contribution in [3.05, 3.63) is 17.5 Å². The molecule has 2 fully saturated rings. The number of piperidine rings is 1. The fourth-order valence-electron chi connectivity index (χ4n) is 3.71. The number of carbonyl (C=O) groups is 1. The van der Waals surface area contributed by atoms with E-state index in [1.54, 1.807) is 4.90 Å². The highest BCUT2D eigenvalue weighted by atomic mass is 19.3. The van der Waals surface area contributed by atoms with Crippen LogP contribution in [0.1, 0.15) is 55.3 Å². The van der Waals surface area contributed by atoms with Gasteiger partial charge in [0.15, 0.2) is 5.69 Å². The number of nitrogens with zero attached hydrogens (tertiary/aromatic N) is 3. The first-order valence-electron chi connectivity index (χ1n) is 8.21. The summed E-state index contributed by atoms with van der Waals surface area (Å²) in [7, 11) is 0. The van der Waals surface area contributed by atoms with E-state index >= 15 is 0 Å². The lowest BCUT2D eigenvalue weighted by Gasteiger charge is -2.48. The van der Waals surface area contributed by atoms with Crippen molar-refractivity contribution in [1.82, 2.24) is 14.7 Å². The second-order valence-corrected chi connectivity index (χ2v) is 7.14. The predicted molar refractivity (Wildman–Crippen MR) is 81.9 cm³/mol. The van der Waals surface area contributed by atoms with Crippen LogP contribution in [0.25, 0.3) is 0 Å². The summed E-state index contributed by atoms with van der Waals surface area (Å²) >= 11 is 0. The number of aliphatic hydroxyl groups is 1. The first-order chi connectivity index (χ1) is 11.2. The highest BCUT2D eigenvalue weighted by molar-refractivity contribution is 5.92. The van der Waals surface area contributed by atoms with Gasteiger partial charge in [-0.2, -0.15) is 13.9 Å². The maximum atomic E-state index is 12.8. The summed E-state index contributed by atoms with van der Waals surface area (Å²) in [5.74, 6) is -0.338. The number of aryl methyl sites for hydroxylation is 1. The minimum atomic E-state index is -2.76. The molecule has 0 aliphatic carbocycles. The second-order valence-electron chi connectivity index (χ2n) is 7.14. The van der Waals surface area contributed by atoms with Crippen LogP contribution in [0.2, 0.25) is 0 Å². The monoisotopic (exact) mass is 343 g/mol. The maximum Gasteiger partial charge on any atom is 0.333 e. The standard InChI is InChI=1S/C16H23F2N3O3/c1-11-9-12(19-21(11)14(17)18)13(22)20-6-3-16(4-7-20)10-15(2,23)5-8-24-16/h9,14,23H,3-8,10H2,1-2H3. The van der Waals surface area contributed by atoms with Gasteiger partial charge in [-0.3, -0.25) is 4.79 Å². The number of carbonyl (C=O) groups excluding carboxylic acids is 1. The molecule has 2 aliphatic heterocycles. The fourth-order valence-corrected chi connectivity index (χ4v) is 3.71. The van der Waals surface area contributed by atoms with Crippen LogP contribution in [-0.2, 0) is 4.74 Å². The number of amides is 1. The van der Waals surface area contributed by atoms with E-state index < -0.39 is 17.8 Å². The van der Waals surface area contributed by atoms with E-state index in [1.165, 1.54) is 13.0 Å². The van der Waals surface area contributed by atoms with Crippen molar-refractivity contribution in [2.75, 3.05) is 19.7 Å². The Labute approximate surface area is 139 Å². The Bertz CT molecular complexity index is 622. The Kier molecular flexibility index (Phi) is 4.37. The summed E-state index contributed by atoms with van der Waals surface area (Å²) in [6, 6.07) is 1.39. The summed E-state index contributed by atoms with van der Waals surface area (Å²) in [6.45, 7) is 2.01. The zero-order valence-corrected chi connectivity index (χ0v) is 14.0. The van der Waals surface area contributed by atoms with Gasteiger partial charge in [0, 0.05) is 25.2 Å². The van der Waals surface area contributed by atoms with Crippen LogP contribution in [0.3, 0.4) is 0 Å². The molecular weight excluding hydrogens is 320 g/mol.